The lowest BCUT2D eigenvalue weighted by Crippen LogP contribution is -2.36. The summed E-state index contributed by atoms with van der Waals surface area (Å²) in [5, 5.41) is 7.06. The predicted octanol–water partition coefficient (Wildman–Crippen LogP) is 1.38. The molecule has 2 aliphatic rings. The molecule has 0 bridgehead atoms. The molecule has 1 aromatic rings. The maximum absolute atomic E-state index is 12.7. The van der Waals surface area contributed by atoms with Gasteiger partial charge >= 0.3 is 5.97 Å². The zero-order valence-corrected chi connectivity index (χ0v) is 13.5. The average molecular weight is 371 g/mol. The summed E-state index contributed by atoms with van der Waals surface area (Å²) in [6.45, 7) is 0. The van der Waals surface area contributed by atoms with Crippen LogP contribution in [-0.4, -0.2) is 41.8 Å². The largest absolute Gasteiger partial charge is 0.464 e. The quantitative estimate of drug-likeness (QED) is 0.451. The molecule has 0 N–H and O–H groups in total. The van der Waals surface area contributed by atoms with Crippen LogP contribution in [0.2, 0.25) is 10.0 Å². The van der Waals surface area contributed by atoms with Gasteiger partial charge in [0.15, 0.2) is 11.8 Å². The highest BCUT2D eigenvalue weighted by Crippen LogP contribution is 2.37. The summed E-state index contributed by atoms with van der Waals surface area (Å²) in [6, 6.07) is 2.82. The molecule has 0 saturated carbocycles. The second-order valence-electron chi connectivity index (χ2n) is 4.91. The number of methoxy groups -OCH3 is 1. The number of nitrogens with zero attached hydrogens (tertiary/aromatic N) is 4. The van der Waals surface area contributed by atoms with Crippen molar-refractivity contribution in [2.75, 3.05) is 12.0 Å². The number of hydrogen-bond acceptors (Lipinski definition) is 7. The molecule has 1 fully saturated rings. The van der Waals surface area contributed by atoms with Gasteiger partial charge in [-0.05, 0) is 18.2 Å². The van der Waals surface area contributed by atoms with Crippen molar-refractivity contribution in [3.63, 3.8) is 0 Å². The first kappa shape index (κ1) is 16.3. The van der Waals surface area contributed by atoms with Crippen LogP contribution in [0.1, 0.15) is 0 Å². The van der Waals surface area contributed by atoms with Gasteiger partial charge in [0.2, 0.25) is 5.91 Å². The van der Waals surface area contributed by atoms with E-state index in [0.717, 1.165) is 12.0 Å². The Labute approximate surface area is 144 Å². The number of rotatable bonds is 3. The van der Waals surface area contributed by atoms with E-state index in [2.05, 4.69) is 15.1 Å². The second-order valence-corrected chi connectivity index (χ2v) is 5.73. The third-order valence-electron chi connectivity index (χ3n) is 3.67. The SMILES string of the molecule is COC(=O)C1=NN(N=O)[C@@H]2C(=O)N(c3ccc(Cl)c(Cl)c3)C(=O)[C@@H]12. The highest BCUT2D eigenvalue weighted by atomic mass is 35.5. The number of carbonyl (C=O) groups excluding carboxylic acids is 3. The van der Waals surface area contributed by atoms with Crippen molar-refractivity contribution in [3.8, 4) is 0 Å². The monoisotopic (exact) mass is 370 g/mol. The Balaban J connectivity index is 2.05. The molecule has 1 aromatic carbocycles. The van der Waals surface area contributed by atoms with Crippen molar-refractivity contribution in [1.82, 2.24) is 5.12 Å². The van der Waals surface area contributed by atoms with Crippen LogP contribution in [0.5, 0.6) is 0 Å². The van der Waals surface area contributed by atoms with E-state index in [-0.39, 0.29) is 21.4 Å². The molecular weight excluding hydrogens is 363 g/mol. The molecule has 0 unspecified atom stereocenters. The molecule has 2 heterocycles. The lowest BCUT2D eigenvalue weighted by Gasteiger charge is -2.17. The number of esters is 1. The smallest absolute Gasteiger partial charge is 0.355 e. The summed E-state index contributed by atoms with van der Waals surface area (Å²) < 4.78 is 4.53. The minimum atomic E-state index is -1.33. The zero-order valence-electron chi connectivity index (χ0n) is 12.0. The summed E-state index contributed by atoms with van der Waals surface area (Å²) in [5.74, 6) is -3.70. The number of nitroso groups, excluding NO2 is 1. The third kappa shape index (κ3) is 2.24. The molecule has 9 nitrogen and oxygen atoms in total. The van der Waals surface area contributed by atoms with Crippen LogP contribution in [0, 0.1) is 10.8 Å². The van der Waals surface area contributed by atoms with E-state index in [4.69, 9.17) is 23.2 Å². The Bertz CT molecular complexity index is 812. The zero-order chi connectivity index (χ0) is 17.6. The Kier molecular flexibility index (Phi) is 3.98. The van der Waals surface area contributed by atoms with Crippen molar-refractivity contribution < 1.29 is 19.1 Å². The molecule has 2 atom stereocenters. The molecular formula is C13H8Cl2N4O5. The van der Waals surface area contributed by atoms with Crippen LogP contribution < -0.4 is 4.90 Å². The maximum Gasteiger partial charge on any atom is 0.355 e. The van der Waals surface area contributed by atoms with E-state index < -0.39 is 29.7 Å². The van der Waals surface area contributed by atoms with Gasteiger partial charge in [-0.25, -0.2) is 9.69 Å². The number of imide groups is 1. The van der Waals surface area contributed by atoms with Gasteiger partial charge in [-0.15, -0.1) is 15.1 Å². The molecule has 2 aliphatic heterocycles. The van der Waals surface area contributed by atoms with Gasteiger partial charge in [-0.1, -0.05) is 23.2 Å². The van der Waals surface area contributed by atoms with Gasteiger partial charge in [0.05, 0.1) is 28.1 Å². The van der Waals surface area contributed by atoms with Crippen LogP contribution in [0.25, 0.3) is 0 Å². The van der Waals surface area contributed by atoms with E-state index in [1.165, 1.54) is 18.2 Å². The van der Waals surface area contributed by atoms with Crippen molar-refractivity contribution in [1.29, 1.82) is 0 Å². The lowest BCUT2D eigenvalue weighted by atomic mass is 9.98. The van der Waals surface area contributed by atoms with Gasteiger partial charge in [0, 0.05) is 0 Å². The highest BCUT2D eigenvalue weighted by Gasteiger charge is 2.59. The second kappa shape index (κ2) is 5.84. The maximum atomic E-state index is 12.7. The molecule has 124 valence electrons. The Morgan fingerprint density at radius 1 is 1.25 bits per heavy atom. The minimum absolute atomic E-state index is 0.138. The molecule has 0 aromatic heterocycles. The summed E-state index contributed by atoms with van der Waals surface area (Å²) in [7, 11) is 1.09. The normalized spacial score (nSPS) is 22.5. The van der Waals surface area contributed by atoms with E-state index >= 15 is 0 Å². The predicted molar refractivity (Wildman–Crippen MR) is 83.3 cm³/mol. The fraction of sp³-hybridized carbons (Fsp3) is 0.231. The van der Waals surface area contributed by atoms with E-state index in [9.17, 15) is 19.3 Å². The van der Waals surface area contributed by atoms with Gasteiger partial charge in [0.1, 0.15) is 5.92 Å². The molecule has 11 heteroatoms. The van der Waals surface area contributed by atoms with E-state index in [1.54, 1.807) is 0 Å². The third-order valence-corrected chi connectivity index (χ3v) is 4.41. The number of hydrogen-bond donors (Lipinski definition) is 0. The summed E-state index contributed by atoms with van der Waals surface area (Å²) >= 11 is 11.7. The van der Waals surface area contributed by atoms with Gasteiger partial charge in [0.25, 0.3) is 5.91 Å². The first-order valence-corrected chi connectivity index (χ1v) is 7.28. The van der Waals surface area contributed by atoms with E-state index in [0.29, 0.717) is 5.12 Å². The van der Waals surface area contributed by atoms with Crippen LogP contribution in [0.15, 0.2) is 28.6 Å². The minimum Gasteiger partial charge on any atom is -0.464 e. The van der Waals surface area contributed by atoms with Crippen LogP contribution in [0.3, 0.4) is 0 Å². The fourth-order valence-corrected chi connectivity index (χ4v) is 2.90. The number of halogens is 2. The molecule has 2 amide bonds. The summed E-state index contributed by atoms with van der Waals surface area (Å²) in [6.07, 6.45) is 0. The standard InChI is InChI=1S/C13H8Cl2N4O5/c1-24-13(22)9-8-10(19(16-9)17-23)12(21)18(11(8)20)5-2-3-6(14)7(15)4-5/h2-4,8,10H,1H3/t8-,10-/m0/s1. The molecule has 0 radical (unpaired) electrons. The van der Waals surface area contributed by atoms with Crippen molar-refractivity contribution in [2.45, 2.75) is 6.04 Å². The Morgan fingerprint density at radius 2 is 1.96 bits per heavy atom. The van der Waals surface area contributed by atoms with Crippen molar-refractivity contribution >= 4 is 52.4 Å². The molecule has 24 heavy (non-hydrogen) atoms. The molecule has 3 rings (SSSR count). The number of anilines is 1. The van der Waals surface area contributed by atoms with Crippen molar-refractivity contribution in [3.05, 3.63) is 33.2 Å². The molecule has 0 aliphatic carbocycles. The van der Waals surface area contributed by atoms with E-state index in [1.807, 2.05) is 0 Å². The van der Waals surface area contributed by atoms with Crippen LogP contribution in [-0.2, 0) is 19.1 Å². The first-order valence-electron chi connectivity index (χ1n) is 6.53. The fourth-order valence-electron chi connectivity index (χ4n) is 2.61. The van der Waals surface area contributed by atoms with Gasteiger partial charge in [-0.2, -0.15) is 0 Å². The molecule has 1 saturated heterocycles. The number of fused-ring (bicyclic) bond motifs is 1. The summed E-state index contributed by atoms with van der Waals surface area (Å²) in [4.78, 5) is 48.7. The Morgan fingerprint density at radius 3 is 2.54 bits per heavy atom. The number of benzene rings is 1. The van der Waals surface area contributed by atoms with Gasteiger partial charge < -0.3 is 4.74 Å². The number of hydrazone groups is 1. The van der Waals surface area contributed by atoms with Crippen LogP contribution >= 0.6 is 23.2 Å². The summed E-state index contributed by atoms with van der Waals surface area (Å²) in [5.41, 5.74) is -0.202. The number of ether oxygens (including phenoxy) is 1. The van der Waals surface area contributed by atoms with Crippen LogP contribution in [0.4, 0.5) is 5.69 Å². The van der Waals surface area contributed by atoms with Gasteiger partial charge in [-0.3, -0.25) is 9.59 Å². The number of amides is 2. The van der Waals surface area contributed by atoms with Crippen molar-refractivity contribution in [2.24, 2.45) is 16.3 Å². The number of carbonyl (C=O) groups is 3. The molecule has 0 spiro atoms. The first-order chi connectivity index (χ1) is 11.4. The lowest BCUT2D eigenvalue weighted by molar-refractivity contribution is -0.133. The Hall–Kier alpha value is -2.52. The topological polar surface area (TPSA) is 109 Å². The highest BCUT2D eigenvalue weighted by molar-refractivity contribution is 6.47. The average Bonchev–Trinajstić information content (AvgIpc) is 3.07.